The second-order valence-electron chi connectivity index (χ2n) is 8.19. The van der Waals surface area contributed by atoms with Gasteiger partial charge in [0.15, 0.2) is 6.10 Å². The van der Waals surface area contributed by atoms with E-state index in [4.69, 9.17) is 10.5 Å². The lowest BCUT2D eigenvalue weighted by Crippen LogP contribution is -2.46. The minimum atomic E-state index is -4.11. The first-order chi connectivity index (χ1) is 13.7. The van der Waals surface area contributed by atoms with Crippen molar-refractivity contribution in [2.24, 2.45) is 5.73 Å². The highest BCUT2D eigenvalue weighted by Crippen LogP contribution is 2.29. The summed E-state index contributed by atoms with van der Waals surface area (Å²) < 4.78 is 32.0. The fraction of sp³-hybridized carbons (Fsp3) is 0.526. The maximum absolute atomic E-state index is 13.1. The molecule has 1 aromatic carbocycles. The van der Waals surface area contributed by atoms with E-state index in [9.17, 15) is 27.9 Å². The zero-order valence-electron chi connectivity index (χ0n) is 17.3. The topological polar surface area (TPSA) is 156 Å². The molecule has 1 aromatic rings. The maximum atomic E-state index is 13.1. The number of esters is 1. The number of β-amino-alcohol motifs (C(OH)–C–C–N with tert-alkyl or cyclic N) is 1. The van der Waals surface area contributed by atoms with Crippen LogP contribution in [0.1, 0.15) is 39.7 Å². The molecule has 1 aliphatic rings. The van der Waals surface area contributed by atoms with Gasteiger partial charge in [0, 0.05) is 13.0 Å². The number of carbonyl (C=O) groups excluding carboxylic acids is 3. The number of urea groups is 1. The highest BCUT2D eigenvalue weighted by Gasteiger charge is 2.45. The molecule has 0 unspecified atom stereocenters. The van der Waals surface area contributed by atoms with Crippen molar-refractivity contribution in [3.05, 3.63) is 29.8 Å². The molecule has 1 heterocycles. The van der Waals surface area contributed by atoms with Crippen LogP contribution in [0.5, 0.6) is 0 Å². The highest BCUT2D eigenvalue weighted by molar-refractivity contribution is 7.89. The molecule has 0 spiro atoms. The second kappa shape index (κ2) is 8.70. The van der Waals surface area contributed by atoms with Crippen LogP contribution in [-0.4, -0.2) is 60.5 Å². The van der Waals surface area contributed by atoms with Gasteiger partial charge in [-0.25, -0.2) is 13.2 Å². The van der Waals surface area contributed by atoms with Gasteiger partial charge in [0.05, 0.1) is 11.0 Å². The summed E-state index contributed by atoms with van der Waals surface area (Å²) in [6.07, 6.45) is -2.62. The summed E-state index contributed by atoms with van der Waals surface area (Å²) in [4.78, 5) is 35.0. The number of aliphatic hydroxyl groups is 1. The van der Waals surface area contributed by atoms with E-state index in [1.807, 2.05) is 20.8 Å². The van der Waals surface area contributed by atoms with Crippen LogP contribution in [0, 0.1) is 0 Å². The van der Waals surface area contributed by atoms with E-state index in [-0.39, 0.29) is 23.3 Å². The van der Waals surface area contributed by atoms with Crippen molar-refractivity contribution in [3.63, 3.8) is 0 Å². The minimum Gasteiger partial charge on any atom is -0.451 e. The van der Waals surface area contributed by atoms with Crippen LogP contribution >= 0.6 is 0 Å². The first-order valence-corrected chi connectivity index (χ1v) is 10.8. The molecule has 2 rings (SSSR count). The normalized spacial score (nSPS) is 21.1. The molecular formula is C19H27N3O7S. The third-order valence-corrected chi connectivity index (χ3v) is 6.63. The smallest absolute Gasteiger partial charge is 0.325 e. The number of primary amides is 1. The summed E-state index contributed by atoms with van der Waals surface area (Å²) in [5.74, 6) is -1.95. The number of carbonyl (C=O) groups is 3. The summed E-state index contributed by atoms with van der Waals surface area (Å²) in [7, 11) is -4.11. The molecule has 0 saturated carbocycles. The van der Waals surface area contributed by atoms with Crippen molar-refractivity contribution in [1.29, 1.82) is 0 Å². The van der Waals surface area contributed by atoms with Crippen LogP contribution in [0.2, 0.25) is 0 Å². The number of amides is 3. The number of aliphatic hydroxyl groups excluding tert-OH is 1. The highest BCUT2D eigenvalue weighted by atomic mass is 32.2. The van der Waals surface area contributed by atoms with E-state index >= 15 is 0 Å². The third-order valence-electron chi connectivity index (χ3n) is 4.74. The Hall–Kier alpha value is -2.50. The van der Waals surface area contributed by atoms with Crippen molar-refractivity contribution in [2.75, 3.05) is 6.54 Å². The predicted octanol–water partition coefficient (Wildman–Crippen LogP) is 0.235. The number of hydrogen-bond acceptors (Lipinski definition) is 7. The van der Waals surface area contributed by atoms with Gasteiger partial charge in [0.2, 0.25) is 10.0 Å². The SMILES string of the molecule is C[C@H](OC(=O)[C@@H]1C[C@H](O)CN1S(=O)(=O)c1ccc(C(C)(C)C)cc1)C(=O)NC(N)=O. The van der Waals surface area contributed by atoms with Crippen molar-refractivity contribution >= 4 is 27.9 Å². The Morgan fingerprint density at radius 2 is 1.80 bits per heavy atom. The first kappa shape index (κ1) is 23.8. The van der Waals surface area contributed by atoms with Gasteiger partial charge in [0.25, 0.3) is 5.91 Å². The van der Waals surface area contributed by atoms with Crippen molar-refractivity contribution < 1.29 is 32.6 Å². The lowest BCUT2D eigenvalue weighted by Gasteiger charge is -2.24. The zero-order chi connectivity index (χ0) is 22.9. The standard InChI is InChI=1S/C19H27N3O7S/c1-11(16(24)21-18(20)26)29-17(25)15-9-13(23)10-22(15)30(27,28)14-7-5-12(6-8-14)19(2,3)4/h5-8,11,13,15,23H,9-10H2,1-4H3,(H3,20,21,24,26)/t11-,13-,15-/m0/s1. The van der Waals surface area contributed by atoms with Crippen LogP contribution in [0.3, 0.4) is 0 Å². The molecule has 3 amide bonds. The fourth-order valence-corrected chi connectivity index (χ4v) is 4.68. The molecule has 166 valence electrons. The first-order valence-electron chi connectivity index (χ1n) is 9.34. The van der Waals surface area contributed by atoms with Crippen LogP contribution in [0.4, 0.5) is 4.79 Å². The molecule has 11 heteroatoms. The molecule has 10 nitrogen and oxygen atoms in total. The Kier molecular flexibility index (Phi) is 6.90. The van der Waals surface area contributed by atoms with E-state index in [2.05, 4.69) is 0 Å². The van der Waals surface area contributed by atoms with Crippen LogP contribution in [0.15, 0.2) is 29.2 Å². The number of rotatable bonds is 5. The summed E-state index contributed by atoms with van der Waals surface area (Å²) in [5, 5.41) is 11.8. The average Bonchev–Trinajstić information content (AvgIpc) is 3.03. The van der Waals surface area contributed by atoms with Gasteiger partial charge in [0.1, 0.15) is 6.04 Å². The molecular weight excluding hydrogens is 414 g/mol. The van der Waals surface area contributed by atoms with Crippen LogP contribution in [-0.2, 0) is 29.8 Å². The minimum absolute atomic E-state index is 0.0260. The Morgan fingerprint density at radius 1 is 1.23 bits per heavy atom. The fourth-order valence-electron chi connectivity index (χ4n) is 3.06. The van der Waals surface area contributed by atoms with Gasteiger partial charge < -0.3 is 15.6 Å². The van der Waals surface area contributed by atoms with Crippen molar-refractivity contribution in [3.8, 4) is 0 Å². The lowest BCUT2D eigenvalue weighted by atomic mass is 9.87. The van der Waals surface area contributed by atoms with Gasteiger partial charge in [-0.05, 0) is 30.0 Å². The molecule has 1 fully saturated rings. The quantitative estimate of drug-likeness (QED) is 0.552. The number of nitrogens with two attached hydrogens (primary N) is 1. The number of hydrogen-bond donors (Lipinski definition) is 3. The van der Waals surface area contributed by atoms with E-state index in [0.29, 0.717) is 0 Å². The van der Waals surface area contributed by atoms with Gasteiger partial charge in [-0.15, -0.1) is 0 Å². The number of benzene rings is 1. The Labute approximate surface area is 175 Å². The summed E-state index contributed by atoms with van der Waals surface area (Å²) in [5.41, 5.74) is 5.62. The van der Waals surface area contributed by atoms with Crippen LogP contribution in [0.25, 0.3) is 0 Å². The summed E-state index contributed by atoms with van der Waals surface area (Å²) in [6.45, 7) is 6.91. The second-order valence-corrected chi connectivity index (χ2v) is 10.1. The lowest BCUT2D eigenvalue weighted by molar-refractivity contribution is -0.157. The molecule has 0 aliphatic carbocycles. The molecule has 1 saturated heterocycles. The molecule has 30 heavy (non-hydrogen) atoms. The molecule has 0 aromatic heterocycles. The number of ether oxygens (including phenoxy) is 1. The Bertz CT molecular complexity index is 922. The number of nitrogens with zero attached hydrogens (tertiary/aromatic N) is 1. The molecule has 3 atom stereocenters. The van der Waals surface area contributed by atoms with Gasteiger partial charge in [-0.2, -0.15) is 4.31 Å². The largest absolute Gasteiger partial charge is 0.451 e. The number of nitrogens with one attached hydrogen (secondary N) is 1. The monoisotopic (exact) mass is 441 g/mol. The molecule has 0 radical (unpaired) electrons. The molecule has 1 aliphatic heterocycles. The van der Waals surface area contributed by atoms with Crippen LogP contribution < -0.4 is 11.1 Å². The van der Waals surface area contributed by atoms with Crippen molar-refractivity contribution in [2.45, 2.75) is 62.7 Å². The Balaban J connectivity index is 2.23. The van der Waals surface area contributed by atoms with Gasteiger partial charge in [-0.3, -0.25) is 14.9 Å². The third kappa shape index (κ3) is 5.35. The predicted molar refractivity (Wildman–Crippen MR) is 107 cm³/mol. The van der Waals surface area contributed by atoms with E-state index < -0.39 is 46.2 Å². The molecule has 0 bridgehead atoms. The summed E-state index contributed by atoms with van der Waals surface area (Å²) >= 11 is 0. The van der Waals surface area contributed by atoms with Crippen molar-refractivity contribution in [1.82, 2.24) is 9.62 Å². The average molecular weight is 442 g/mol. The van der Waals surface area contributed by atoms with Gasteiger partial charge >= 0.3 is 12.0 Å². The number of imide groups is 1. The maximum Gasteiger partial charge on any atom is 0.325 e. The Morgan fingerprint density at radius 3 is 2.30 bits per heavy atom. The molecule has 4 N–H and O–H groups in total. The summed E-state index contributed by atoms with van der Waals surface area (Å²) in [6, 6.07) is 3.88. The zero-order valence-corrected chi connectivity index (χ0v) is 18.1. The van der Waals surface area contributed by atoms with E-state index in [1.165, 1.54) is 19.1 Å². The van der Waals surface area contributed by atoms with Gasteiger partial charge in [-0.1, -0.05) is 32.9 Å². The van der Waals surface area contributed by atoms with E-state index in [0.717, 1.165) is 9.87 Å². The number of sulfonamides is 1. The van der Waals surface area contributed by atoms with E-state index in [1.54, 1.807) is 17.4 Å².